The van der Waals surface area contributed by atoms with Crippen molar-refractivity contribution >= 4 is 23.9 Å². The number of nitrogens with one attached hydrogen (secondary N) is 3. The number of nitrogens with two attached hydrogens (primary N) is 1. The number of benzene rings is 1. The first-order valence-corrected chi connectivity index (χ1v) is 12.2. The number of alkyl carbamates (subject to hydrolysis) is 1. The van der Waals surface area contributed by atoms with Gasteiger partial charge in [0.15, 0.2) is 0 Å². The fraction of sp³-hybridized carbons (Fsp3) is 0.615. The molecule has 3 amide bonds. The zero-order valence-corrected chi connectivity index (χ0v) is 22.3. The summed E-state index contributed by atoms with van der Waals surface area (Å²) in [7, 11) is 0. The van der Waals surface area contributed by atoms with Gasteiger partial charge in [-0.2, -0.15) is 0 Å². The molecule has 1 rings (SSSR count). The maximum absolute atomic E-state index is 13.3. The van der Waals surface area contributed by atoms with Crippen molar-refractivity contribution in [2.45, 2.75) is 90.5 Å². The fourth-order valence-corrected chi connectivity index (χ4v) is 3.16. The van der Waals surface area contributed by atoms with Crippen LogP contribution in [-0.2, 0) is 30.3 Å². The van der Waals surface area contributed by atoms with E-state index >= 15 is 0 Å². The van der Waals surface area contributed by atoms with Crippen LogP contribution in [0.4, 0.5) is 4.79 Å². The molecular formula is C26H42N4O6. The summed E-state index contributed by atoms with van der Waals surface area (Å²) < 4.78 is 10.6. The van der Waals surface area contributed by atoms with Gasteiger partial charge in [-0.05, 0) is 72.9 Å². The second kappa shape index (κ2) is 14.4. The topological polar surface area (TPSA) is 149 Å². The van der Waals surface area contributed by atoms with E-state index in [4.69, 9.17) is 15.2 Å². The number of hydrogen-bond donors (Lipinski definition) is 4. The van der Waals surface area contributed by atoms with Crippen molar-refractivity contribution in [3.63, 3.8) is 0 Å². The number of hydrogen-bond acceptors (Lipinski definition) is 7. The molecular weight excluding hydrogens is 464 g/mol. The summed E-state index contributed by atoms with van der Waals surface area (Å²) >= 11 is 0. The first-order chi connectivity index (χ1) is 16.7. The monoisotopic (exact) mass is 506 g/mol. The Kier molecular flexibility index (Phi) is 12.4. The molecule has 5 N–H and O–H groups in total. The van der Waals surface area contributed by atoms with Crippen LogP contribution in [0.5, 0.6) is 0 Å². The Morgan fingerprint density at radius 1 is 0.861 bits per heavy atom. The molecule has 1 aromatic carbocycles. The second-order valence-electron chi connectivity index (χ2n) is 10.5. The van der Waals surface area contributed by atoms with Gasteiger partial charge in [0.2, 0.25) is 11.8 Å². The van der Waals surface area contributed by atoms with Crippen LogP contribution in [0.3, 0.4) is 0 Å². The summed E-state index contributed by atoms with van der Waals surface area (Å²) in [5, 5.41) is 7.76. The molecule has 2 atom stereocenters. The Hall–Kier alpha value is -3.14. The molecule has 10 nitrogen and oxygen atoms in total. The molecule has 0 unspecified atom stereocenters. The van der Waals surface area contributed by atoms with Gasteiger partial charge in [0.1, 0.15) is 29.8 Å². The highest BCUT2D eigenvalue weighted by Gasteiger charge is 2.30. The molecule has 0 saturated carbocycles. The molecule has 0 radical (unpaired) electrons. The Balaban J connectivity index is 2.95. The van der Waals surface area contributed by atoms with Crippen LogP contribution >= 0.6 is 0 Å². The lowest BCUT2D eigenvalue weighted by Gasteiger charge is -2.26. The molecule has 0 fully saturated rings. The number of carbonyl (C=O) groups excluding carboxylic acids is 4. The van der Waals surface area contributed by atoms with Gasteiger partial charge in [0.05, 0.1) is 0 Å². The zero-order chi connectivity index (χ0) is 27.4. The number of amides is 3. The molecule has 0 aromatic heterocycles. The third-order valence-electron chi connectivity index (χ3n) is 4.68. The summed E-state index contributed by atoms with van der Waals surface area (Å²) in [6.45, 7) is 10.5. The van der Waals surface area contributed by atoms with Crippen LogP contribution in [0.2, 0.25) is 0 Å². The standard InChI is InChI=1S/C26H42N4O6/c1-25(2,3)35-23(33)19(14-10-11-15-27)30-22(32)20(16-18-12-8-7-9-13-18)29-21(31)17-28-24(34)36-26(4,5)6/h7-9,12-13,19-20H,10-11,14-17,27H2,1-6H3,(H,28,34)(H,29,31)(H,30,32)/t19-,20-/m0/s1. The summed E-state index contributed by atoms with van der Waals surface area (Å²) in [6.07, 6.45) is 1.11. The van der Waals surface area contributed by atoms with Gasteiger partial charge < -0.3 is 31.2 Å². The van der Waals surface area contributed by atoms with E-state index in [1.165, 1.54) is 0 Å². The third-order valence-corrected chi connectivity index (χ3v) is 4.68. The van der Waals surface area contributed by atoms with Crippen LogP contribution in [0.15, 0.2) is 30.3 Å². The van der Waals surface area contributed by atoms with Crippen molar-refractivity contribution in [2.24, 2.45) is 5.73 Å². The van der Waals surface area contributed by atoms with Gasteiger partial charge >= 0.3 is 12.1 Å². The molecule has 1 aromatic rings. The molecule has 0 aliphatic carbocycles. The largest absolute Gasteiger partial charge is 0.458 e. The second-order valence-corrected chi connectivity index (χ2v) is 10.5. The van der Waals surface area contributed by atoms with Crippen LogP contribution < -0.4 is 21.7 Å². The van der Waals surface area contributed by atoms with Gasteiger partial charge in [-0.25, -0.2) is 9.59 Å². The number of unbranched alkanes of at least 4 members (excludes halogenated alkanes) is 1. The summed E-state index contributed by atoms with van der Waals surface area (Å²) in [4.78, 5) is 50.5. The summed E-state index contributed by atoms with van der Waals surface area (Å²) in [5.74, 6) is -1.66. The third kappa shape index (κ3) is 13.7. The van der Waals surface area contributed by atoms with Crippen molar-refractivity contribution in [3.8, 4) is 0 Å². The minimum atomic E-state index is -0.986. The van der Waals surface area contributed by atoms with Crippen molar-refractivity contribution in [1.82, 2.24) is 16.0 Å². The van der Waals surface area contributed by atoms with Gasteiger partial charge in [0, 0.05) is 6.42 Å². The van der Waals surface area contributed by atoms with E-state index in [0.29, 0.717) is 25.8 Å². The van der Waals surface area contributed by atoms with Gasteiger partial charge in [-0.15, -0.1) is 0 Å². The van der Waals surface area contributed by atoms with Crippen molar-refractivity contribution in [3.05, 3.63) is 35.9 Å². The zero-order valence-electron chi connectivity index (χ0n) is 22.3. The van der Waals surface area contributed by atoms with Crippen LogP contribution in [0.1, 0.15) is 66.4 Å². The molecule has 0 saturated heterocycles. The average Bonchev–Trinajstić information content (AvgIpc) is 2.75. The Labute approximate surface area is 214 Å². The van der Waals surface area contributed by atoms with Crippen molar-refractivity contribution in [1.29, 1.82) is 0 Å². The van der Waals surface area contributed by atoms with E-state index in [2.05, 4.69) is 16.0 Å². The highest BCUT2D eigenvalue weighted by Crippen LogP contribution is 2.12. The van der Waals surface area contributed by atoms with Gasteiger partial charge in [0.25, 0.3) is 0 Å². The first-order valence-electron chi connectivity index (χ1n) is 12.2. The fourth-order valence-electron chi connectivity index (χ4n) is 3.16. The highest BCUT2D eigenvalue weighted by molar-refractivity contribution is 5.92. The predicted molar refractivity (Wildman–Crippen MR) is 137 cm³/mol. The minimum absolute atomic E-state index is 0.189. The van der Waals surface area contributed by atoms with Crippen LogP contribution in [0, 0.1) is 0 Å². The van der Waals surface area contributed by atoms with E-state index < -0.39 is 47.2 Å². The van der Waals surface area contributed by atoms with Crippen LogP contribution in [-0.4, -0.2) is 60.3 Å². The van der Waals surface area contributed by atoms with E-state index in [1.807, 2.05) is 30.3 Å². The van der Waals surface area contributed by atoms with E-state index in [1.54, 1.807) is 41.5 Å². The SMILES string of the molecule is CC(C)(C)OC(=O)NCC(=O)N[C@@H](Cc1ccccc1)C(=O)N[C@@H](CCCCN)C(=O)OC(C)(C)C. The number of rotatable bonds is 12. The predicted octanol–water partition coefficient (Wildman–Crippen LogP) is 2.19. The van der Waals surface area contributed by atoms with E-state index in [9.17, 15) is 19.2 Å². The van der Waals surface area contributed by atoms with Crippen molar-refractivity contribution < 1.29 is 28.7 Å². The lowest BCUT2D eigenvalue weighted by Crippen LogP contribution is -2.54. The maximum atomic E-state index is 13.3. The van der Waals surface area contributed by atoms with Crippen molar-refractivity contribution in [2.75, 3.05) is 13.1 Å². The Bertz CT molecular complexity index is 861. The Morgan fingerprint density at radius 2 is 1.47 bits per heavy atom. The Morgan fingerprint density at radius 3 is 2.03 bits per heavy atom. The molecule has 0 heterocycles. The lowest BCUT2D eigenvalue weighted by molar-refractivity contribution is -0.159. The molecule has 0 spiro atoms. The highest BCUT2D eigenvalue weighted by atomic mass is 16.6. The molecule has 0 bridgehead atoms. The average molecular weight is 507 g/mol. The van der Waals surface area contributed by atoms with Gasteiger partial charge in [-0.1, -0.05) is 30.3 Å². The van der Waals surface area contributed by atoms with Crippen LogP contribution in [0.25, 0.3) is 0 Å². The van der Waals surface area contributed by atoms with E-state index in [0.717, 1.165) is 5.56 Å². The number of esters is 1. The first kappa shape index (κ1) is 30.9. The smallest absolute Gasteiger partial charge is 0.408 e. The minimum Gasteiger partial charge on any atom is -0.458 e. The lowest BCUT2D eigenvalue weighted by atomic mass is 10.0. The molecule has 0 aliphatic rings. The molecule has 202 valence electrons. The van der Waals surface area contributed by atoms with Gasteiger partial charge in [-0.3, -0.25) is 9.59 Å². The molecule has 36 heavy (non-hydrogen) atoms. The summed E-state index contributed by atoms with van der Waals surface area (Å²) in [6, 6.07) is 7.28. The quantitative estimate of drug-likeness (QED) is 0.251. The molecule has 0 aliphatic heterocycles. The summed E-state index contributed by atoms with van der Waals surface area (Å²) in [5.41, 5.74) is 4.96. The number of carbonyl (C=O) groups is 4. The normalized spacial score (nSPS) is 13.2. The van der Waals surface area contributed by atoms with E-state index in [-0.39, 0.29) is 13.0 Å². The maximum Gasteiger partial charge on any atom is 0.408 e. The number of ether oxygens (including phenoxy) is 2. The molecule has 10 heteroatoms.